The van der Waals surface area contributed by atoms with Gasteiger partial charge in [-0.15, -0.1) is 0 Å². The van der Waals surface area contributed by atoms with Crippen LogP contribution in [0.2, 0.25) is 0 Å². The summed E-state index contributed by atoms with van der Waals surface area (Å²) in [6.07, 6.45) is -3.70. The number of fused-ring (bicyclic) bond motifs is 1. The van der Waals surface area contributed by atoms with Gasteiger partial charge in [0.1, 0.15) is 28.9 Å². The first-order chi connectivity index (χ1) is 16.4. The molecule has 11 nitrogen and oxygen atoms in total. The highest BCUT2D eigenvalue weighted by Crippen LogP contribution is 2.47. The maximum Gasteiger partial charge on any atom is 0.341 e. The SMILES string of the molecule is O=C(OC1Cc2c(O)cc(O)cc2OC1c1cc(O)c(O)c(O)c1F)c1cc(O)c(O)c(O)c1F. The van der Waals surface area contributed by atoms with Gasteiger partial charge in [0.05, 0.1) is 0 Å². The predicted octanol–water partition coefficient (Wildman–Crippen LogP) is 2.51. The minimum absolute atomic E-state index is 0.0126. The normalized spacial score (nSPS) is 16.9. The predicted molar refractivity (Wildman–Crippen MR) is 109 cm³/mol. The van der Waals surface area contributed by atoms with Crippen molar-refractivity contribution in [2.45, 2.75) is 18.6 Å². The van der Waals surface area contributed by atoms with Crippen LogP contribution in [0.15, 0.2) is 24.3 Å². The number of aromatic hydroxyl groups is 8. The van der Waals surface area contributed by atoms with E-state index in [9.17, 15) is 54.4 Å². The molecule has 1 aliphatic rings. The van der Waals surface area contributed by atoms with E-state index in [1.165, 1.54) is 0 Å². The third-order valence-electron chi connectivity index (χ3n) is 5.36. The van der Waals surface area contributed by atoms with Crippen LogP contribution >= 0.6 is 0 Å². The largest absolute Gasteiger partial charge is 0.508 e. The van der Waals surface area contributed by atoms with Gasteiger partial charge in [0.15, 0.2) is 40.7 Å². The van der Waals surface area contributed by atoms with Gasteiger partial charge in [0, 0.05) is 35.7 Å². The molecule has 1 aliphatic heterocycles. The van der Waals surface area contributed by atoms with Crippen molar-refractivity contribution in [1.82, 2.24) is 0 Å². The molecule has 35 heavy (non-hydrogen) atoms. The molecule has 2 unspecified atom stereocenters. The first-order valence-corrected chi connectivity index (χ1v) is 9.69. The van der Waals surface area contributed by atoms with E-state index in [0.717, 1.165) is 12.1 Å². The molecule has 2 atom stereocenters. The van der Waals surface area contributed by atoms with Crippen molar-refractivity contribution in [3.63, 3.8) is 0 Å². The van der Waals surface area contributed by atoms with Crippen LogP contribution in [0.1, 0.15) is 27.6 Å². The van der Waals surface area contributed by atoms with Crippen LogP contribution in [0.3, 0.4) is 0 Å². The second kappa shape index (κ2) is 8.20. The fourth-order valence-corrected chi connectivity index (χ4v) is 3.63. The number of phenolic OH excluding ortho intramolecular Hbond substituents is 8. The topological polar surface area (TPSA) is 197 Å². The molecule has 3 aromatic rings. The minimum atomic E-state index is -1.69. The number of rotatable bonds is 3. The highest BCUT2D eigenvalue weighted by Gasteiger charge is 2.40. The van der Waals surface area contributed by atoms with E-state index in [1.807, 2.05) is 0 Å². The molecule has 184 valence electrons. The van der Waals surface area contributed by atoms with E-state index in [1.54, 1.807) is 0 Å². The van der Waals surface area contributed by atoms with E-state index >= 15 is 0 Å². The van der Waals surface area contributed by atoms with Crippen molar-refractivity contribution in [2.75, 3.05) is 0 Å². The molecule has 0 fully saturated rings. The molecule has 0 amide bonds. The van der Waals surface area contributed by atoms with Gasteiger partial charge in [-0.2, -0.15) is 0 Å². The molecule has 0 aliphatic carbocycles. The zero-order chi connectivity index (χ0) is 25.8. The monoisotopic (exact) mass is 494 g/mol. The van der Waals surface area contributed by atoms with Gasteiger partial charge in [0.25, 0.3) is 0 Å². The lowest BCUT2D eigenvalue weighted by Gasteiger charge is -2.34. The zero-order valence-electron chi connectivity index (χ0n) is 17.2. The Bertz CT molecular complexity index is 1370. The lowest BCUT2D eigenvalue weighted by Crippen LogP contribution is -2.35. The van der Waals surface area contributed by atoms with E-state index in [4.69, 9.17) is 9.47 Å². The van der Waals surface area contributed by atoms with Crippen LogP contribution in [-0.2, 0) is 11.2 Å². The van der Waals surface area contributed by atoms with Crippen LogP contribution in [-0.4, -0.2) is 52.9 Å². The average molecular weight is 494 g/mol. The zero-order valence-corrected chi connectivity index (χ0v) is 17.2. The Morgan fingerprint density at radius 1 is 0.800 bits per heavy atom. The van der Waals surface area contributed by atoms with Gasteiger partial charge in [-0.05, 0) is 6.07 Å². The first-order valence-electron chi connectivity index (χ1n) is 9.69. The Hall–Kier alpha value is -4.81. The number of carbonyl (C=O) groups excluding carboxylic acids is 1. The Morgan fingerprint density at radius 3 is 2.06 bits per heavy atom. The fourth-order valence-electron chi connectivity index (χ4n) is 3.63. The molecule has 8 N–H and O–H groups in total. The summed E-state index contributed by atoms with van der Waals surface area (Å²) in [5, 5.41) is 77.7. The van der Waals surface area contributed by atoms with Crippen LogP contribution in [0.4, 0.5) is 8.78 Å². The lowest BCUT2D eigenvalue weighted by molar-refractivity contribution is -0.0204. The molecular formula is C22H16F2O11. The number of hydrogen-bond acceptors (Lipinski definition) is 11. The molecule has 1 heterocycles. The number of carbonyl (C=O) groups is 1. The van der Waals surface area contributed by atoms with Crippen LogP contribution in [0, 0.1) is 11.6 Å². The summed E-state index contributed by atoms with van der Waals surface area (Å²) in [5.74, 6) is -12.9. The van der Waals surface area contributed by atoms with Crippen molar-refractivity contribution >= 4 is 5.97 Å². The van der Waals surface area contributed by atoms with Gasteiger partial charge >= 0.3 is 5.97 Å². The van der Waals surface area contributed by atoms with E-state index in [-0.39, 0.29) is 11.3 Å². The van der Waals surface area contributed by atoms with E-state index in [0.29, 0.717) is 12.1 Å². The first kappa shape index (κ1) is 23.4. The number of ether oxygens (including phenoxy) is 2. The van der Waals surface area contributed by atoms with E-state index < -0.39 is 93.4 Å². The Balaban J connectivity index is 1.81. The van der Waals surface area contributed by atoms with Crippen molar-refractivity contribution in [2.24, 2.45) is 0 Å². The van der Waals surface area contributed by atoms with Crippen LogP contribution in [0.25, 0.3) is 0 Å². The van der Waals surface area contributed by atoms with Crippen molar-refractivity contribution in [3.8, 4) is 51.7 Å². The maximum absolute atomic E-state index is 14.8. The van der Waals surface area contributed by atoms with Crippen LogP contribution in [0.5, 0.6) is 51.7 Å². The molecular weight excluding hydrogens is 478 g/mol. The van der Waals surface area contributed by atoms with Gasteiger partial charge < -0.3 is 50.3 Å². The summed E-state index contributed by atoms with van der Waals surface area (Å²) in [6.45, 7) is 0. The Morgan fingerprint density at radius 2 is 1.40 bits per heavy atom. The molecule has 0 spiro atoms. The summed E-state index contributed by atoms with van der Waals surface area (Å²) in [6, 6.07) is 3.12. The maximum atomic E-state index is 14.8. The number of hydrogen-bond donors (Lipinski definition) is 8. The minimum Gasteiger partial charge on any atom is -0.508 e. The van der Waals surface area contributed by atoms with Gasteiger partial charge in [0.2, 0.25) is 11.5 Å². The lowest BCUT2D eigenvalue weighted by atomic mass is 9.93. The smallest absolute Gasteiger partial charge is 0.341 e. The molecule has 4 rings (SSSR count). The number of esters is 1. The quantitative estimate of drug-likeness (QED) is 0.197. The number of benzene rings is 3. The summed E-state index contributed by atoms with van der Waals surface area (Å²) in [5.41, 5.74) is -1.66. The summed E-state index contributed by atoms with van der Waals surface area (Å²) in [4.78, 5) is 12.7. The summed E-state index contributed by atoms with van der Waals surface area (Å²) in [7, 11) is 0. The van der Waals surface area contributed by atoms with Crippen molar-refractivity contribution in [1.29, 1.82) is 0 Å². The molecule has 0 radical (unpaired) electrons. The molecule has 0 saturated heterocycles. The Kier molecular flexibility index (Phi) is 5.47. The average Bonchev–Trinajstić information content (AvgIpc) is 2.81. The molecule has 0 bridgehead atoms. The summed E-state index contributed by atoms with van der Waals surface area (Å²) >= 11 is 0. The summed E-state index contributed by atoms with van der Waals surface area (Å²) < 4.78 is 40.0. The van der Waals surface area contributed by atoms with E-state index in [2.05, 4.69) is 0 Å². The third-order valence-corrected chi connectivity index (χ3v) is 5.36. The van der Waals surface area contributed by atoms with Crippen LogP contribution < -0.4 is 4.74 Å². The van der Waals surface area contributed by atoms with Gasteiger partial charge in [-0.1, -0.05) is 0 Å². The standard InChI is InChI=1S/C22H16F2O11/c23-15-8(3-11(27)17(29)19(15)31)21-14(5-7-10(26)1-6(25)2-13(7)34-21)35-22(33)9-4-12(28)18(30)20(32)16(9)24/h1-4,14,21,25-32H,5H2. The molecule has 3 aromatic carbocycles. The number of halogens is 2. The molecule has 0 saturated carbocycles. The third kappa shape index (κ3) is 3.82. The second-order valence-corrected chi connectivity index (χ2v) is 7.58. The highest BCUT2D eigenvalue weighted by atomic mass is 19.1. The Labute approximate surface area is 193 Å². The molecule has 0 aromatic heterocycles. The van der Waals surface area contributed by atoms with Crippen molar-refractivity contribution in [3.05, 3.63) is 52.6 Å². The fraction of sp³-hybridized carbons (Fsp3) is 0.136. The molecule has 13 heteroatoms. The highest BCUT2D eigenvalue weighted by molar-refractivity contribution is 5.91. The van der Waals surface area contributed by atoms with Gasteiger partial charge in [-0.3, -0.25) is 0 Å². The second-order valence-electron chi connectivity index (χ2n) is 7.58. The van der Waals surface area contributed by atoms with Crippen molar-refractivity contribution < 1.29 is 63.9 Å². The van der Waals surface area contributed by atoms with Gasteiger partial charge in [-0.25, -0.2) is 13.6 Å². The number of phenols is 8.